The van der Waals surface area contributed by atoms with Gasteiger partial charge in [0.2, 0.25) is 11.0 Å². The summed E-state index contributed by atoms with van der Waals surface area (Å²) in [6.07, 6.45) is 0. The van der Waals surface area contributed by atoms with E-state index in [0.29, 0.717) is 21.2 Å². The van der Waals surface area contributed by atoms with Crippen LogP contribution >= 0.6 is 22.7 Å². The molecule has 3 rings (SSSR count). The van der Waals surface area contributed by atoms with Gasteiger partial charge in [-0.3, -0.25) is 19.5 Å². The van der Waals surface area contributed by atoms with Crippen molar-refractivity contribution in [3.05, 3.63) is 32.1 Å². The lowest BCUT2D eigenvalue weighted by Crippen LogP contribution is -2.29. The van der Waals surface area contributed by atoms with Gasteiger partial charge in [0.1, 0.15) is 22.2 Å². The Morgan fingerprint density at radius 2 is 2.05 bits per heavy atom. The summed E-state index contributed by atoms with van der Waals surface area (Å²) in [5, 5.41) is 12.0. The molecular weight excluding hydrogens is 322 g/mol. The maximum Gasteiger partial charge on any atom is 0.262 e. The molecule has 0 saturated heterocycles. The first-order chi connectivity index (χ1) is 10.4. The Balaban J connectivity index is 1.90. The van der Waals surface area contributed by atoms with Crippen LogP contribution in [0.2, 0.25) is 0 Å². The molecule has 1 N–H and O–H groups in total. The van der Waals surface area contributed by atoms with Crippen molar-refractivity contribution in [1.82, 2.24) is 19.7 Å². The predicted octanol–water partition coefficient (Wildman–Crippen LogP) is 1.87. The number of nitrogens with zero attached hydrogens (tertiary/aromatic N) is 4. The Hall–Kier alpha value is -2.13. The first-order valence-electron chi connectivity index (χ1n) is 6.51. The third kappa shape index (κ3) is 2.77. The number of anilines is 1. The lowest BCUT2D eigenvalue weighted by atomic mass is 10.3. The van der Waals surface area contributed by atoms with Gasteiger partial charge in [-0.25, -0.2) is 4.98 Å². The fourth-order valence-corrected chi connectivity index (χ4v) is 3.60. The Labute approximate surface area is 133 Å². The number of hydrogen-bond acceptors (Lipinski definition) is 7. The van der Waals surface area contributed by atoms with E-state index in [1.54, 1.807) is 19.9 Å². The van der Waals surface area contributed by atoms with Gasteiger partial charge in [0.25, 0.3) is 5.56 Å². The van der Waals surface area contributed by atoms with Crippen molar-refractivity contribution in [2.24, 2.45) is 0 Å². The van der Waals surface area contributed by atoms with Gasteiger partial charge in [0.05, 0.1) is 5.39 Å². The predicted molar refractivity (Wildman–Crippen MR) is 86.6 cm³/mol. The van der Waals surface area contributed by atoms with E-state index >= 15 is 0 Å². The maximum absolute atomic E-state index is 12.5. The highest BCUT2D eigenvalue weighted by Gasteiger charge is 2.14. The third-order valence-electron chi connectivity index (χ3n) is 3.04. The molecule has 0 atom stereocenters. The molecule has 0 unspecified atom stereocenters. The van der Waals surface area contributed by atoms with Crippen LogP contribution in [0.4, 0.5) is 5.13 Å². The van der Waals surface area contributed by atoms with Gasteiger partial charge in [0, 0.05) is 4.88 Å². The molecule has 3 aromatic rings. The zero-order valence-corrected chi connectivity index (χ0v) is 13.8. The van der Waals surface area contributed by atoms with Crippen LogP contribution < -0.4 is 10.9 Å². The Morgan fingerprint density at radius 1 is 1.27 bits per heavy atom. The number of aryl methyl sites for hydroxylation is 3. The van der Waals surface area contributed by atoms with Gasteiger partial charge in [-0.2, -0.15) is 0 Å². The monoisotopic (exact) mass is 335 g/mol. The Morgan fingerprint density at radius 3 is 2.73 bits per heavy atom. The minimum absolute atomic E-state index is 0.0961. The van der Waals surface area contributed by atoms with Gasteiger partial charge in [0.15, 0.2) is 0 Å². The molecule has 0 spiro atoms. The van der Waals surface area contributed by atoms with Crippen LogP contribution in [-0.4, -0.2) is 25.7 Å². The Kier molecular flexibility index (Phi) is 3.75. The van der Waals surface area contributed by atoms with Crippen LogP contribution in [0.1, 0.15) is 15.7 Å². The number of rotatable bonds is 3. The molecule has 0 aliphatic rings. The zero-order valence-electron chi connectivity index (χ0n) is 12.2. The van der Waals surface area contributed by atoms with E-state index in [9.17, 15) is 9.59 Å². The van der Waals surface area contributed by atoms with Crippen LogP contribution in [-0.2, 0) is 11.3 Å². The molecule has 0 aliphatic carbocycles. The van der Waals surface area contributed by atoms with E-state index in [2.05, 4.69) is 20.5 Å². The average molecular weight is 335 g/mol. The van der Waals surface area contributed by atoms with E-state index in [1.165, 1.54) is 27.2 Å². The molecule has 0 aromatic carbocycles. The third-order valence-corrected chi connectivity index (χ3v) is 4.74. The first kappa shape index (κ1) is 14.8. The quantitative estimate of drug-likeness (QED) is 0.789. The number of carbonyl (C=O) groups excluding carboxylic acids is 1. The minimum atomic E-state index is -0.325. The molecule has 0 bridgehead atoms. The molecule has 7 nitrogen and oxygen atoms in total. The smallest absolute Gasteiger partial charge is 0.262 e. The van der Waals surface area contributed by atoms with Crippen molar-refractivity contribution in [1.29, 1.82) is 0 Å². The molecule has 22 heavy (non-hydrogen) atoms. The SMILES string of the molecule is Cc1cc2c(=O)n(CC(=O)Nc3nnc(C)s3)c(C)nc2s1. The van der Waals surface area contributed by atoms with Crippen molar-refractivity contribution in [2.75, 3.05) is 5.32 Å². The summed E-state index contributed by atoms with van der Waals surface area (Å²) < 4.78 is 1.37. The standard InChI is InChI=1S/C13H13N5O2S2/c1-6-4-9-11(21-6)14-7(2)18(12(9)20)5-10(19)15-13-17-16-8(3)22-13/h4H,5H2,1-3H3,(H,15,17,19). The average Bonchev–Trinajstić information content (AvgIpc) is 3.00. The molecule has 3 heterocycles. The molecule has 1 amide bonds. The highest BCUT2D eigenvalue weighted by molar-refractivity contribution is 7.18. The number of nitrogens with one attached hydrogen (secondary N) is 1. The van der Waals surface area contributed by atoms with E-state index in [4.69, 9.17) is 0 Å². The topological polar surface area (TPSA) is 89.8 Å². The molecule has 0 radical (unpaired) electrons. The minimum Gasteiger partial charge on any atom is -0.299 e. The lowest BCUT2D eigenvalue weighted by molar-refractivity contribution is -0.116. The number of carbonyl (C=O) groups is 1. The lowest BCUT2D eigenvalue weighted by Gasteiger charge is -2.08. The van der Waals surface area contributed by atoms with E-state index < -0.39 is 0 Å². The molecule has 9 heteroatoms. The number of hydrogen-bond donors (Lipinski definition) is 1. The van der Waals surface area contributed by atoms with E-state index in [1.807, 2.05) is 6.92 Å². The number of thiophene rings is 1. The molecule has 0 fully saturated rings. The van der Waals surface area contributed by atoms with Gasteiger partial charge in [-0.15, -0.1) is 21.5 Å². The van der Waals surface area contributed by atoms with Crippen molar-refractivity contribution in [3.8, 4) is 0 Å². The second-order valence-corrected chi connectivity index (χ2v) is 7.22. The normalized spacial score (nSPS) is 11.0. The van der Waals surface area contributed by atoms with Crippen LogP contribution in [0.3, 0.4) is 0 Å². The van der Waals surface area contributed by atoms with Gasteiger partial charge in [-0.05, 0) is 26.8 Å². The zero-order chi connectivity index (χ0) is 15.9. The van der Waals surface area contributed by atoms with Crippen molar-refractivity contribution in [3.63, 3.8) is 0 Å². The molecule has 3 aromatic heterocycles. The summed E-state index contributed by atoms with van der Waals surface area (Å²) >= 11 is 2.76. The highest BCUT2D eigenvalue weighted by atomic mass is 32.1. The Bertz CT molecular complexity index is 924. The molecule has 114 valence electrons. The highest BCUT2D eigenvalue weighted by Crippen LogP contribution is 2.20. The summed E-state index contributed by atoms with van der Waals surface area (Å²) in [5.74, 6) is 0.192. The second-order valence-electron chi connectivity index (χ2n) is 4.80. The summed E-state index contributed by atoms with van der Waals surface area (Å²) in [4.78, 5) is 30.7. The number of amides is 1. The molecular formula is C13H13N5O2S2. The summed E-state index contributed by atoms with van der Waals surface area (Å²) in [5.41, 5.74) is -0.199. The van der Waals surface area contributed by atoms with E-state index in [-0.39, 0.29) is 18.0 Å². The summed E-state index contributed by atoms with van der Waals surface area (Å²) in [6, 6.07) is 1.80. The van der Waals surface area contributed by atoms with Gasteiger partial charge >= 0.3 is 0 Å². The first-order valence-corrected chi connectivity index (χ1v) is 8.15. The summed E-state index contributed by atoms with van der Waals surface area (Å²) in [7, 11) is 0. The van der Waals surface area contributed by atoms with Gasteiger partial charge in [-0.1, -0.05) is 11.3 Å². The fourth-order valence-electron chi connectivity index (χ4n) is 2.07. The van der Waals surface area contributed by atoms with E-state index in [0.717, 1.165) is 9.88 Å². The van der Waals surface area contributed by atoms with Crippen LogP contribution in [0.5, 0.6) is 0 Å². The molecule has 0 aliphatic heterocycles. The largest absolute Gasteiger partial charge is 0.299 e. The van der Waals surface area contributed by atoms with Crippen molar-refractivity contribution >= 4 is 43.9 Å². The van der Waals surface area contributed by atoms with Crippen LogP contribution in [0.25, 0.3) is 10.2 Å². The van der Waals surface area contributed by atoms with Crippen molar-refractivity contribution in [2.45, 2.75) is 27.3 Å². The van der Waals surface area contributed by atoms with Gasteiger partial charge < -0.3 is 0 Å². The van der Waals surface area contributed by atoms with Crippen molar-refractivity contribution < 1.29 is 4.79 Å². The summed E-state index contributed by atoms with van der Waals surface area (Å²) in [6.45, 7) is 5.36. The molecule has 0 saturated carbocycles. The number of aromatic nitrogens is 4. The van der Waals surface area contributed by atoms with Crippen LogP contribution in [0.15, 0.2) is 10.9 Å². The van der Waals surface area contributed by atoms with Crippen LogP contribution in [0, 0.1) is 20.8 Å². The second kappa shape index (κ2) is 5.58. The maximum atomic E-state index is 12.5. The number of fused-ring (bicyclic) bond motifs is 1. The fraction of sp³-hybridized carbons (Fsp3) is 0.308.